The Kier molecular flexibility index (Phi) is 10.8. The van der Waals surface area contributed by atoms with Crippen LogP contribution in [0.25, 0.3) is 166 Å². The van der Waals surface area contributed by atoms with Crippen molar-refractivity contribution in [1.29, 1.82) is 0 Å². The van der Waals surface area contributed by atoms with E-state index in [1.165, 1.54) is 0 Å². The van der Waals surface area contributed by atoms with Crippen LogP contribution in [0.15, 0.2) is 287 Å². The van der Waals surface area contributed by atoms with Crippen LogP contribution in [0.2, 0.25) is 0 Å². The van der Waals surface area contributed by atoms with Crippen LogP contribution in [0.5, 0.6) is 0 Å². The standard InChI is InChI=1S/C75H45N3O3/c1-4-16-58(55(13-1)49-25-31-67(76-43-49)46-28-34-73-64(40-46)61-19-7-10-22-70(61)79-73)52-37-53(59-17-5-2-14-56(59)50-26-32-68(77-44-50)47-29-35-74-65(41-47)62-20-8-11-23-71(62)80-74)39-54(38-52)60-18-6-3-15-57(60)51-27-33-69(78-45-51)48-30-36-75-66(42-48)63-21-9-12-24-72(63)81-75/h1-45H. The van der Waals surface area contributed by atoms with E-state index in [0.29, 0.717) is 0 Å². The van der Waals surface area contributed by atoms with E-state index in [4.69, 9.17) is 28.2 Å². The quantitative estimate of drug-likeness (QED) is 0.143. The highest BCUT2D eigenvalue weighted by atomic mass is 16.3. The van der Waals surface area contributed by atoms with Crippen LogP contribution >= 0.6 is 0 Å². The summed E-state index contributed by atoms with van der Waals surface area (Å²) >= 11 is 0. The molecule has 0 radical (unpaired) electrons. The predicted molar refractivity (Wildman–Crippen MR) is 331 cm³/mol. The van der Waals surface area contributed by atoms with Gasteiger partial charge in [0.15, 0.2) is 0 Å². The summed E-state index contributed by atoms with van der Waals surface area (Å²) in [5.74, 6) is 0. The van der Waals surface area contributed by atoms with Crippen LogP contribution in [0.3, 0.4) is 0 Å². The molecular weight excluding hydrogens is 991 g/mol. The van der Waals surface area contributed by atoms with Crippen molar-refractivity contribution in [2.24, 2.45) is 0 Å². The minimum absolute atomic E-state index is 0.865. The molecule has 0 spiro atoms. The fraction of sp³-hybridized carbons (Fsp3) is 0. The van der Waals surface area contributed by atoms with Gasteiger partial charge in [0, 0.05) is 84.3 Å². The molecule has 0 fully saturated rings. The summed E-state index contributed by atoms with van der Waals surface area (Å²) in [6.45, 7) is 0. The van der Waals surface area contributed by atoms with Gasteiger partial charge >= 0.3 is 0 Å². The third-order valence-electron chi connectivity index (χ3n) is 15.9. The van der Waals surface area contributed by atoms with Gasteiger partial charge in [-0.2, -0.15) is 0 Å². The van der Waals surface area contributed by atoms with E-state index in [2.05, 4.69) is 200 Å². The largest absolute Gasteiger partial charge is 0.456 e. The molecule has 0 N–H and O–H groups in total. The highest BCUT2D eigenvalue weighted by molar-refractivity contribution is 6.08. The summed E-state index contributed by atoms with van der Waals surface area (Å²) in [6, 6.07) is 89.4. The molecule has 0 aliphatic carbocycles. The maximum atomic E-state index is 6.15. The van der Waals surface area contributed by atoms with E-state index in [1.807, 2.05) is 73.2 Å². The third-order valence-corrected chi connectivity index (χ3v) is 15.9. The fourth-order valence-corrected chi connectivity index (χ4v) is 11.9. The molecule has 16 aromatic rings. The zero-order valence-electron chi connectivity index (χ0n) is 43.5. The highest BCUT2D eigenvalue weighted by Gasteiger charge is 2.19. The fourth-order valence-electron chi connectivity index (χ4n) is 11.9. The van der Waals surface area contributed by atoms with Crippen molar-refractivity contribution >= 4 is 65.8 Å². The average molecular weight is 1040 g/mol. The summed E-state index contributed by atoms with van der Waals surface area (Å²) < 4.78 is 18.5. The lowest BCUT2D eigenvalue weighted by atomic mass is 9.86. The Morgan fingerprint density at radius 2 is 0.432 bits per heavy atom. The number of furan rings is 3. The van der Waals surface area contributed by atoms with Gasteiger partial charge in [-0.15, -0.1) is 0 Å². The Balaban J connectivity index is 0.799. The number of nitrogens with zero attached hydrogens (tertiary/aromatic N) is 3. The Morgan fingerprint density at radius 3 is 0.716 bits per heavy atom. The second-order valence-corrected chi connectivity index (χ2v) is 20.7. The molecule has 10 aromatic carbocycles. The van der Waals surface area contributed by atoms with E-state index in [9.17, 15) is 0 Å². The second kappa shape index (κ2) is 18.9. The minimum atomic E-state index is 0.865. The van der Waals surface area contributed by atoms with E-state index in [0.717, 1.165) is 166 Å². The molecule has 0 amide bonds. The Hall–Kier alpha value is -11.0. The number of hydrogen-bond acceptors (Lipinski definition) is 6. The van der Waals surface area contributed by atoms with Crippen molar-refractivity contribution in [3.63, 3.8) is 0 Å². The second-order valence-electron chi connectivity index (χ2n) is 20.7. The smallest absolute Gasteiger partial charge is 0.135 e. The molecule has 378 valence electrons. The van der Waals surface area contributed by atoms with Gasteiger partial charge < -0.3 is 13.3 Å². The minimum Gasteiger partial charge on any atom is -0.456 e. The van der Waals surface area contributed by atoms with Gasteiger partial charge in [0.25, 0.3) is 0 Å². The zero-order valence-corrected chi connectivity index (χ0v) is 43.5. The van der Waals surface area contributed by atoms with E-state index in [-0.39, 0.29) is 0 Å². The van der Waals surface area contributed by atoms with Crippen LogP contribution in [0, 0.1) is 0 Å². The first-order chi connectivity index (χ1) is 40.1. The number of hydrogen-bond donors (Lipinski definition) is 0. The number of pyridine rings is 3. The maximum Gasteiger partial charge on any atom is 0.135 e. The molecule has 6 heterocycles. The molecule has 16 rings (SSSR count). The lowest BCUT2D eigenvalue weighted by Gasteiger charge is -2.18. The Morgan fingerprint density at radius 1 is 0.185 bits per heavy atom. The van der Waals surface area contributed by atoms with Gasteiger partial charge in [-0.25, -0.2) is 0 Å². The predicted octanol–water partition coefficient (Wildman–Crippen LogP) is 20.6. The van der Waals surface area contributed by atoms with Crippen LogP contribution in [-0.4, -0.2) is 15.0 Å². The average Bonchev–Trinajstić information content (AvgIpc) is 4.26. The normalized spacial score (nSPS) is 11.7. The van der Waals surface area contributed by atoms with Gasteiger partial charge in [-0.1, -0.05) is 146 Å². The first kappa shape index (κ1) is 46.2. The SMILES string of the molecule is c1ccc(-c2cc(-c3ccccc3-c3ccc(-c4ccc5oc6ccccc6c5c4)nc3)cc(-c3ccccc3-c3ccc(-c4ccc5oc6ccccc6c5c4)nc3)c2)c(-c2ccc(-c3ccc4oc5ccccc5c4c3)nc2)c1. The van der Waals surface area contributed by atoms with Crippen molar-refractivity contribution in [1.82, 2.24) is 15.0 Å². The van der Waals surface area contributed by atoms with Gasteiger partial charge in [0.05, 0.1) is 17.1 Å². The molecule has 81 heavy (non-hydrogen) atoms. The summed E-state index contributed by atoms with van der Waals surface area (Å²) in [6.07, 6.45) is 6.00. The van der Waals surface area contributed by atoms with Crippen LogP contribution in [0.4, 0.5) is 0 Å². The van der Waals surface area contributed by atoms with Crippen molar-refractivity contribution in [2.75, 3.05) is 0 Å². The molecule has 0 saturated carbocycles. The third kappa shape index (κ3) is 8.08. The van der Waals surface area contributed by atoms with Crippen molar-refractivity contribution in [2.45, 2.75) is 0 Å². The van der Waals surface area contributed by atoms with Crippen molar-refractivity contribution < 1.29 is 13.3 Å². The highest BCUT2D eigenvalue weighted by Crippen LogP contribution is 2.44. The number of aromatic nitrogens is 3. The van der Waals surface area contributed by atoms with Crippen LogP contribution in [0.1, 0.15) is 0 Å². The van der Waals surface area contributed by atoms with Crippen LogP contribution < -0.4 is 0 Å². The summed E-state index contributed by atoms with van der Waals surface area (Å²) in [7, 11) is 0. The van der Waals surface area contributed by atoms with Crippen molar-refractivity contribution in [3.05, 3.63) is 273 Å². The van der Waals surface area contributed by atoms with E-state index in [1.54, 1.807) is 0 Å². The maximum absolute atomic E-state index is 6.15. The summed E-state index contributed by atoms with van der Waals surface area (Å²) in [5.41, 5.74) is 23.9. The number of rotatable bonds is 9. The lowest BCUT2D eigenvalue weighted by molar-refractivity contribution is 0.668. The van der Waals surface area contributed by atoms with Gasteiger partial charge in [-0.3, -0.25) is 15.0 Å². The van der Waals surface area contributed by atoms with Crippen molar-refractivity contribution in [3.8, 4) is 101 Å². The summed E-state index contributed by atoms with van der Waals surface area (Å²) in [4.78, 5) is 15.3. The van der Waals surface area contributed by atoms with Gasteiger partial charge in [-0.05, 0) is 159 Å². The molecule has 0 unspecified atom stereocenters. The first-order valence-corrected chi connectivity index (χ1v) is 27.2. The topological polar surface area (TPSA) is 78.1 Å². The van der Waals surface area contributed by atoms with Gasteiger partial charge in [0.1, 0.15) is 33.5 Å². The number of benzene rings is 10. The Bertz CT molecular complexity index is 4580. The monoisotopic (exact) mass is 1040 g/mol. The molecule has 6 aromatic heterocycles. The lowest BCUT2D eigenvalue weighted by Crippen LogP contribution is -1.93. The van der Waals surface area contributed by atoms with E-state index < -0.39 is 0 Å². The molecule has 0 saturated heterocycles. The molecule has 0 bridgehead atoms. The summed E-state index contributed by atoms with van der Waals surface area (Å²) in [5, 5.41) is 6.52. The molecule has 6 heteroatoms. The molecule has 0 atom stereocenters. The van der Waals surface area contributed by atoms with Crippen LogP contribution in [-0.2, 0) is 0 Å². The molecular formula is C75H45N3O3. The number of para-hydroxylation sites is 3. The Labute approximate surface area is 465 Å². The number of fused-ring (bicyclic) bond motifs is 9. The molecule has 0 aliphatic heterocycles. The van der Waals surface area contributed by atoms with Gasteiger partial charge in [0.2, 0.25) is 0 Å². The zero-order chi connectivity index (χ0) is 53.4. The van der Waals surface area contributed by atoms with E-state index >= 15 is 0 Å². The molecule has 0 aliphatic rings. The first-order valence-electron chi connectivity index (χ1n) is 27.2. The molecule has 6 nitrogen and oxygen atoms in total.